The maximum absolute atomic E-state index is 11.4. The molecule has 88 valence electrons. The van der Waals surface area contributed by atoms with Gasteiger partial charge in [-0.05, 0) is 12.3 Å². The van der Waals surface area contributed by atoms with Gasteiger partial charge < -0.3 is 20.1 Å². The van der Waals surface area contributed by atoms with Crippen LogP contribution in [0.5, 0.6) is 0 Å². The molecule has 1 aliphatic rings. The molecule has 1 aliphatic carbocycles. The lowest BCUT2D eigenvalue weighted by Gasteiger charge is -2.16. The lowest BCUT2D eigenvalue weighted by molar-refractivity contribution is -0.124. The Hall–Kier alpha value is -0.490. The van der Waals surface area contributed by atoms with Crippen LogP contribution in [0, 0.1) is 11.8 Å². The summed E-state index contributed by atoms with van der Waals surface area (Å²) in [6, 6.07) is 0. The zero-order valence-electron chi connectivity index (χ0n) is 8.63. The van der Waals surface area contributed by atoms with Gasteiger partial charge in [0.25, 0.3) is 0 Å². The molecule has 1 rings (SSSR count). The number of aliphatic hydroxyl groups is 3. The zero-order chi connectivity index (χ0) is 11.3. The Kier molecular flexibility index (Phi) is 5.17. The molecular weight excluding hydrogens is 200 g/mol. The van der Waals surface area contributed by atoms with Gasteiger partial charge in [0, 0.05) is 18.9 Å². The van der Waals surface area contributed by atoms with E-state index in [1.165, 1.54) is 0 Å². The summed E-state index contributed by atoms with van der Waals surface area (Å²) in [6.07, 6.45) is 0.322. The molecule has 3 atom stereocenters. The van der Waals surface area contributed by atoms with Crippen LogP contribution < -0.4 is 0 Å². The fraction of sp³-hybridized carbons (Fsp3) is 0.900. The molecule has 0 aromatic rings. The number of ether oxygens (including phenoxy) is 1. The maximum atomic E-state index is 11.4. The van der Waals surface area contributed by atoms with E-state index in [4.69, 9.17) is 20.1 Å². The molecule has 3 N–H and O–H groups in total. The molecule has 1 unspecified atom stereocenters. The predicted octanol–water partition coefficient (Wildman–Crippen LogP) is -1.06. The van der Waals surface area contributed by atoms with Gasteiger partial charge in [-0.1, -0.05) is 0 Å². The summed E-state index contributed by atoms with van der Waals surface area (Å²) in [4.78, 5) is 11.4. The predicted molar refractivity (Wildman–Crippen MR) is 52.2 cm³/mol. The number of hydrogen-bond donors (Lipinski definition) is 3. The van der Waals surface area contributed by atoms with Crippen LogP contribution in [-0.2, 0) is 9.53 Å². The van der Waals surface area contributed by atoms with Gasteiger partial charge in [0.2, 0.25) is 0 Å². The zero-order valence-corrected chi connectivity index (χ0v) is 8.63. The summed E-state index contributed by atoms with van der Waals surface area (Å²) in [6.45, 7) is -0.0933. The van der Waals surface area contributed by atoms with Crippen LogP contribution in [0.1, 0.15) is 12.8 Å². The SMILES string of the molecule is O=C1CC[C@@H](CO)[C@@H]1COCC(O)CO. The minimum Gasteiger partial charge on any atom is -0.396 e. The minimum atomic E-state index is -0.894. The summed E-state index contributed by atoms with van der Waals surface area (Å²) in [5, 5.41) is 26.6. The van der Waals surface area contributed by atoms with Crippen LogP contribution in [0.2, 0.25) is 0 Å². The summed E-state index contributed by atoms with van der Waals surface area (Å²) in [7, 11) is 0. The Bertz CT molecular complexity index is 206. The molecule has 0 heterocycles. The summed E-state index contributed by atoms with van der Waals surface area (Å²) >= 11 is 0. The number of carbonyl (C=O) groups is 1. The topological polar surface area (TPSA) is 87.0 Å². The van der Waals surface area contributed by atoms with Crippen molar-refractivity contribution in [3.05, 3.63) is 0 Å². The highest BCUT2D eigenvalue weighted by atomic mass is 16.5. The second kappa shape index (κ2) is 6.17. The molecule has 1 fully saturated rings. The van der Waals surface area contributed by atoms with Crippen LogP contribution in [-0.4, -0.2) is 53.6 Å². The molecule has 0 aromatic heterocycles. The first-order valence-electron chi connectivity index (χ1n) is 5.19. The third-order valence-corrected chi connectivity index (χ3v) is 2.80. The average molecular weight is 218 g/mol. The number of carbonyl (C=O) groups excluding carboxylic acids is 1. The molecule has 0 bridgehead atoms. The first kappa shape index (κ1) is 12.6. The van der Waals surface area contributed by atoms with Crippen LogP contribution in [0.15, 0.2) is 0 Å². The average Bonchev–Trinajstić information content (AvgIpc) is 2.60. The Morgan fingerprint density at radius 2 is 2.20 bits per heavy atom. The smallest absolute Gasteiger partial charge is 0.138 e. The molecule has 0 saturated heterocycles. The van der Waals surface area contributed by atoms with E-state index in [0.717, 1.165) is 0 Å². The van der Waals surface area contributed by atoms with Crippen molar-refractivity contribution in [3.63, 3.8) is 0 Å². The summed E-state index contributed by atoms with van der Waals surface area (Å²) in [5.41, 5.74) is 0. The number of Topliss-reactive ketones (excluding diaryl/α,β-unsaturated/α-hetero) is 1. The fourth-order valence-corrected chi connectivity index (χ4v) is 1.81. The van der Waals surface area contributed by atoms with E-state index in [2.05, 4.69) is 0 Å². The lowest BCUT2D eigenvalue weighted by Crippen LogP contribution is -2.27. The Labute approximate surface area is 88.7 Å². The van der Waals surface area contributed by atoms with Crippen molar-refractivity contribution in [2.45, 2.75) is 18.9 Å². The summed E-state index contributed by atoms with van der Waals surface area (Å²) in [5.74, 6) is -0.141. The van der Waals surface area contributed by atoms with Crippen molar-refractivity contribution < 1.29 is 24.9 Å². The highest BCUT2D eigenvalue weighted by Gasteiger charge is 2.34. The van der Waals surface area contributed by atoms with Crippen LogP contribution in [0.4, 0.5) is 0 Å². The molecule has 0 aliphatic heterocycles. The maximum Gasteiger partial charge on any atom is 0.138 e. The van der Waals surface area contributed by atoms with Gasteiger partial charge in [0.05, 0.1) is 19.8 Å². The number of rotatable bonds is 6. The Morgan fingerprint density at radius 1 is 1.47 bits per heavy atom. The van der Waals surface area contributed by atoms with Crippen molar-refractivity contribution >= 4 is 5.78 Å². The number of hydrogen-bond acceptors (Lipinski definition) is 5. The molecule has 0 radical (unpaired) electrons. The second-order valence-electron chi connectivity index (χ2n) is 3.93. The standard InChI is InChI=1S/C10H18O5/c11-3-7-1-2-10(14)9(7)6-15-5-8(13)4-12/h7-9,11-13H,1-6H2/t7-,8?,9-/m0/s1. The molecule has 0 spiro atoms. The lowest BCUT2D eigenvalue weighted by atomic mass is 9.97. The van der Waals surface area contributed by atoms with Gasteiger partial charge in [-0.25, -0.2) is 0 Å². The molecule has 0 amide bonds. The van der Waals surface area contributed by atoms with E-state index in [0.29, 0.717) is 12.8 Å². The molecule has 15 heavy (non-hydrogen) atoms. The molecule has 0 aromatic carbocycles. The van der Waals surface area contributed by atoms with Crippen LogP contribution in [0.25, 0.3) is 0 Å². The highest BCUT2D eigenvalue weighted by Crippen LogP contribution is 2.28. The largest absolute Gasteiger partial charge is 0.396 e. The minimum absolute atomic E-state index is 0.00230. The van der Waals surface area contributed by atoms with Crippen molar-refractivity contribution in [3.8, 4) is 0 Å². The van der Waals surface area contributed by atoms with Gasteiger partial charge in [0.1, 0.15) is 11.9 Å². The van der Waals surface area contributed by atoms with Gasteiger partial charge in [-0.15, -0.1) is 0 Å². The first-order valence-corrected chi connectivity index (χ1v) is 5.19. The van der Waals surface area contributed by atoms with Crippen molar-refractivity contribution in [1.29, 1.82) is 0 Å². The van der Waals surface area contributed by atoms with E-state index >= 15 is 0 Å². The van der Waals surface area contributed by atoms with E-state index in [1.54, 1.807) is 0 Å². The van der Waals surface area contributed by atoms with Crippen molar-refractivity contribution in [2.75, 3.05) is 26.4 Å². The van der Waals surface area contributed by atoms with E-state index in [9.17, 15) is 4.79 Å². The van der Waals surface area contributed by atoms with E-state index < -0.39 is 6.10 Å². The van der Waals surface area contributed by atoms with Gasteiger partial charge in [-0.2, -0.15) is 0 Å². The normalized spacial score (nSPS) is 28.3. The van der Waals surface area contributed by atoms with E-state index in [1.807, 2.05) is 0 Å². The second-order valence-corrected chi connectivity index (χ2v) is 3.93. The summed E-state index contributed by atoms with van der Waals surface area (Å²) < 4.78 is 5.13. The van der Waals surface area contributed by atoms with Gasteiger partial charge >= 0.3 is 0 Å². The molecule has 1 saturated carbocycles. The molecule has 5 nitrogen and oxygen atoms in total. The Morgan fingerprint density at radius 3 is 2.80 bits per heavy atom. The van der Waals surface area contributed by atoms with E-state index in [-0.39, 0.29) is 44.0 Å². The van der Waals surface area contributed by atoms with Crippen LogP contribution in [0.3, 0.4) is 0 Å². The molecular formula is C10H18O5. The quantitative estimate of drug-likeness (QED) is 0.529. The number of ketones is 1. The van der Waals surface area contributed by atoms with Gasteiger partial charge in [0.15, 0.2) is 0 Å². The fourth-order valence-electron chi connectivity index (χ4n) is 1.81. The monoisotopic (exact) mass is 218 g/mol. The van der Waals surface area contributed by atoms with Gasteiger partial charge in [-0.3, -0.25) is 4.79 Å². The molecule has 5 heteroatoms. The van der Waals surface area contributed by atoms with Crippen molar-refractivity contribution in [2.24, 2.45) is 11.8 Å². The highest BCUT2D eigenvalue weighted by molar-refractivity contribution is 5.83. The Balaban J connectivity index is 2.27. The van der Waals surface area contributed by atoms with Crippen LogP contribution >= 0.6 is 0 Å². The number of aliphatic hydroxyl groups excluding tert-OH is 3. The third kappa shape index (κ3) is 3.53. The first-order chi connectivity index (χ1) is 7.19. The van der Waals surface area contributed by atoms with Crippen molar-refractivity contribution in [1.82, 2.24) is 0 Å². The third-order valence-electron chi connectivity index (χ3n) is 2.80.